The molecule has 0 aromatic heterocycles. The number of hydrogen-bond acceptors (Lipinski definition) is 3. The molecule has 1 aromatic rings. The van der Waals surface area contributed by atoms with Crippen molar-refractivity contribution < 1.29 is 14.2 Å². The maximum atomic E-state index is 5.78. The zero-order valence-electron chi connectivity index (χ0n) is 12.0. The molecule has 0 N–H and O–H groups in total. The molecule has 1 fully saturated rings. The van der Waals surface area contributed by atoms with Gasteiger partial charge in [-0.25, -0.2) is 0 Å². The standard InChI is InChI=1S/C16H23O3/c1-13-16(2,19-13)10-9-14(11-17-3)12-18-15-7-5-4-6-8-15/h4-8,13H,9-12H2,1-3H3. The van der Waals surface area contributed by atoms with Crippen molar-refractivity contribution in [1.29, 1.82) is 0 Å². The SMILES string of the molecule is COC[C](CCC1(C)OC1C)COc1ccccc1. The molecule has 0 bridgehead atoms. The van der Waals surface area contributed by atoms with Crippen LogP contribution in [0, 0.1) is 5.92 Å². The molecular weight excluding hydrogens is 240 g/mol. The molecule has 1 aliphatic rings. The quantitative estimate of drug-likeness (QED) is 0.675. The predicted octanol–water partition coefficient (Wildman–Crippen LogP) is 3.24. The Morgan fingerprint density at radius 1 is 1.26 bits per heavy atom. The Kier molecular flexibility index (Phi) is 4.83. The number of para-hydroxylation sites is 1. The van der Waals surface area contributed by atoms with E-state index in [4.69, 9.17) is 14.2 Å². The van der Waals surface area contributed by atoms with Crippen LogP contribution in [0.1, 0.15) is 26.7 Å². The van der Waals surface area contributed by atoms with Gasteiger partial charge in [-0.15, -0.1) is 0 Å². The molecule has 1 aromatic carbocycles. The number of methoxy groups -OCH3 is 1. The molecule has 2 rings (SSSR count). The van der Waals surface area contributed by atoms with Crippen LogP contribution in [0.3, 0.4) is 0 Å². The van der Waals surface area contributed by atoms with Crippen LogP contribution in [0.5, 0.6) is 5.75 Å². The molecule has 105 valence electrons. The number of epoxide rings is 1. The first-order chi connectivity index (χ1) is 9.14. The lowest BCUT2D eigenvalue weighted by molar-refractivity contribution is 0.179. The van der Waals surface area contributed by atoms with Crippen LogP contribution in [0.2, 0.25) is 0 Å². The Labute approximate surface area is 115 Å². The summed E-state index contributed by atoms with van der Waals surface area (Å²) in [7, 11) is 1.72. The Morgan fingerprint density at radius 2 is 1.95 bits per heavy atom. The van der Waals surface area contributed by atoms with Crippen molar-refractivity contribution in [3.63, 3.8) is 0 Å². The van der Waals surface area contributed by atoms with Gasteiger partial charge in [0, 0.05) is 13.0 Å². The molecule has 1 radical (unpaired) electrons. The third kappa shape index (κ3) is 4.22. The van der Waals surface area contributed by atoms with Crippen molar-refractivity contribution in [1.82, 2.24) is 0 Å². The summed E-state index contributed by atoms with van der Waals surface area (Å²) in [4.78, 5) is 0. The zero-order valence-corrected chi connectivity index (χ0v) is 12.0. The smallest absolute Gasteiger partial charge is 0.119 e. The Balaban J connectivity index is 1.76. The molecular formula is C16H23O3. The molecule has 0 amide bonds. The molecule has 1 heterocycles. The third-order valence-electron chi connectivity index (χ3n) is 3.76. The molecule has 0 aliphatic carbocycles. The lowest BCUT2D eigenvalue weighted by atomic mass is 9.96. The van der Waals surface area contributed by atoms with Crippen molar-refractivity contribution in [2.75, 3.05) is 20.3 Å². The monoisotopic (exact) mass is 263 g/mol. The van der Waals surface area contributed by atoms with Crippen LogP contribution in [0.4, 0.5) is 0 Å². The fourth-order valence-corrected chi connectivity index (χ4v) is 2.15. The molecule has 1 aliphatic heterocycles. The number of benzene rings is 1. The van der Waals surface area contributed by atoms with Gasteiger partial charge in [0.05, 0.1) is 24.9 Å². The highest BCUT2D eigenvalue weighted by Crippen LogP contribution is 2.40. The second-order valence-electron chi connectivity index (χ2n) is 5.36. The summed E-state index contributed by atoms with van der Waals surface area (Å²) in [6.07, 6.45) is 2.40. The van der Waals surface area contributed by atoms with E-state index in [1.807, 2.05) is 30.3 Å². The first kappa shape index (κ1) is 14.4. The van der Waals surface area contributed by atoms with Crippen LogP contribution in [0.15, 0.2) is 30.3 Å². The van der Waals surface area contributed by atoms with Crippen LogP contribution in [-0.2, 0) is 9.47 Å². The summed E-state index contributed by atoms with van der Waals surface area (Å²) in [5.74, 6) is 2.17. The molecule has 2 unspecified atom stereocenters. The molecule has 3 heteroatoms. The van der Waals surface area contributed by atoms with E-state index in [2.05, 4.69) is 13.8 Å². The van der Waals surface area contributed by atoms with E-state index in [0.717, 1.165) is 18.6 Å². The highest BCUT2D eigenvalue weighted by atomic mass is 16.6. The van der Waals surface area contributed by atoms with Crippen molar-refractivity contribution in [2.45, 2.75) is 38.4 Å². The molecule has 19 heavy (non-hydrogen) atoms. The van der Waals surface area contributed by atoms with Crippen LogP contribution >= 0.6 is 0 Å². The lowest BCUT2D eigenvalue weighted by Gasteiger charge is -2.17. The first-order valence-corrected chi connectivity index (χ1v) is 6.82. The lowest BCUT2D eigenvalue weighted by Crippen LogP contribution is -2.18. The van der Waals surface area contributed by atoms with E-state index in [1.165, 1.54) is 5.92 Å². The summed E-state index contributed by atoms with van der Waals surface area (Å²) < 4.78 is 16.6. The Morgan fingerprint density at radius 3 is 2.53 bits per heavy atom. The second kappa shape index (κ2) is 6.40. The molecule has 0 saturated carbocycles. The van der Waals surface area contributed by atoms with Gasteiger partial charge in [0.2, 0.25) is 0 Å². The van der Waals surface area contributed by atoms with E-state index in [0.29, 0.717) is 19.3 Å². The van der Waals surface area contributed by atoms with Crippen LogP contribution in [0.25, 0.3) is 0 Å². The van der Waals surface area contributed by atoms with E-state index < -0.39 is 0 Å². The van der Waals surface area contributed by atoms with Gasteiger partial charge in [-0.05, 0) is 38.8 Å². The first-order valence-electron chi connectivity index (χ1n) is 6.82. The van der Waals surface area contributed by atoms with Crippen molar-refractivity contribution in [2.24, 2.45) is 0 Å². The van der Waals surface area contributed by atoms with E-state index in [1.54, 1.807) is 7.11 Å². The Bertz CT molecular complexity index is 379. The largest absolute Gasteiger partial charge is 0.493 e. The summed E-state index contributed by atoms with van der Waals surface area (Å²) in [6, 6.07) is 9.88. The van der Waals surface area contributed by atoms with Gasteiger partial charge < -0.3 is 14.2 Å². The minimum Gasteiger partial charge on any atom is -0.493 e. The van der Waals surface area contributed by atoms with Crippen LogP contribution in [-0.4, -0.2) is 32.0 Å². The summed E-state index contributed by atoms with van der Waals surface area (Å²) >= 11 is 0. The normalized spacial score (nSPS) is 25.6. The van der Waals surface area contributed by atoms with Crippen molar-refractivity contribution >= 4 is 0 Å². The van der Waals surface area contributed by atoms with Crippen molar-refractivity contribution in [3.05, 3.63) is 36.2 Å². The van der Waals surface area contributed by atoms with Gasteiger partial charge in [0.1, 0.15) is 5.75 Å². The highest BCUT2D eigenvalue weighted by molar-refractivity contribution is 5.21. The molecule has 3 nitrogen and oxygen atoms in total. The zero-order chi connectivity index (χ0) is 13.7. The van der Waals surface area contributed by atoms with Gasteiger partial charge in [-0.3, -0.25) is 0 Å². The maximum Gasteiger partial charge on any atom is 0.119 e. The van der Waals surface area contributed by atoms with E-state index >= 15 is 0 Å². The Hall–Kier alpha value is -1.06. The van der Waals surface area contributed by atoms with Gasteiger partial charge in [0.25, 0.3) is 0 Å². The number of ether oxygens (including phenoxy) is 3. The predicted molar refractivity (Wildman–Crippen MR) is 75.2 cm³/mol. The van der Waals surface area contributed by atoms with E-state index in [9.17, 15) is 0 Å². The van der Waals surface area contributed by atoms with Gasteiger partial charge in [-0.1, -0.05) is 18.2 Å². The number of rotatable bonds is 8. The van der Waals surface area contributed by atoms with Gasteiger partial charge in [-0.2, -0.15) is 0 Å². The second-order valence-corrected chi connectivity index (χ2v) is 5.36. The fourth-order valence-electron chi connectivity index (χ4n) is 2.15. The van der Waals surface area contributed by atoms with Gasteiger partial charge in [0.15, 0.2) is 0 Å². The topological polar surface area (TPSA) is 31.0 Å². The maximum absolute atomic E-state index is 5.78. The average Bonchev–Trinajstić information content (AvgIpc) is 3.02. The summed E-state index contributed by atoms with van der Waals surface area (Å²) in [5, 5.41) is 0. The number of hydrogen-bond donors (Lipinski definition) is 0. The average molecular weight is 263 g/mol. The summed E-state index contributed by atoms with van der Waals surface area (Å²) in [5.41, 5.74) is 0.0612. The van der Waals surface area contributed by atoms with Gasteiger partial charge >= 0.3 is 0 Å². The fraction of sp³-hybridized carbons (Fsp3) is 0.562. The molecule has 2 atom stereocenters. The van der Waals surface area contributed by atoms with Crippen molar-refractivity contribution in [3.8, 4) is 5.75 Å². The van der Waals surface area contributed by atoms with Crippen LogP contribution < -0.4 is 4.74 Å². The third-order valence-corrected chi connectivity index (χ3v) is 3.76. The van der Waals surface area contributed by atoms with E-state index in [-0.39, 0.29) is 5.60 Å². The molecule has 0 spiro atoms. The minimum atomic E-state index is 0.0612. The minimum absolute atomic E-state index is 0.0612. The molecule has 1 saturated heterocycles. The highest BCUT2D eigenvalue weighted by Gasteiger charge is 2.48. The summed E-state index contributed by atoms with van der Waals surface area (Å²) in [6.45, 7) is 5.55.